The molecule has 2 rings (SSSR count). The fourth-order valence-electron chi connectivity index (χ4n) is 2.21. The molecule has 1 fully saturated rings. The number of hydrogen-bond donors (Lipinski definition) is 4. The zero-order valence-corrected chi connectivity index (χ0v) is 10.5. The van der Waals surface area contributed by atoms with Crippen molar-refractivity contribution in [2.75, 3.05) is 19.7 Å². The number of aliphatic hydroxyl groups is 2. The standard InChI is InChI=1S/C12H16ClNO4/c13-9-1-7(10(16)2-11(9)17)3-14-4-8(6-15)12(18)5-14/h1-2,8,12,15-18H,3-6H2. The summed E-state index contributed by atoms with van der Waals surface area (Å²) in [5.41, 5.74) is 0.587. The van der Waals surface area contributed by atoms with Gasteiger partial charge in [0.1, 0.15) is 11.5 Å². The second-order valence-corrected chi connectivity index (χ2v) is 5.04. The van der Waals surface area contributed by atoms with Crippen LogP contribution in [0.5, 0.6) is 11.5 Å². The summed E-state index contributed by atoms with van der Waals surface area (Å²) in [6.07, 6.45) is -0.551. The van der Waals surface area contributed by atoms with Gasteiger partial charge in [-0.2, -0.15) is 0 Å². The first-order valence-corrected chi connectivity index (χ1v) is 6.10. The van der Waals surface area contributed by atoms with Crippen molar-refractivity contribution in [3.8, 4) is 11.5 Å². The highest BCUT2D eigenvalue weighted by molar-refractivity contribution is 6.32. The maximum Gasteiger partial charge on any atom is 0.137 e. The molecule has 1 heterocycles. The second kappa shape index (κ2) is 5.32. The van der Waals surface area contributed by atoms with Gasteiger partial charge in [-0.3, -0.25) is 4.90 Å². The molecule has 1 aromatic rings. The summed E-state index contributed by atoms with van der Waals surface area (Å²) in [6, 6.07) is 2.71. The molecule has 0 amide bonds. The normalized spacial score (nSPS) is 24.6. The number of phenols is 2. The molecule has 100 valence electrons. The van der Waals surface area contributed by atoms with Crippen LogP contribution < -0.4 is 0 Å². The van der Waals surface area contributed by atoms with Crippen LogP contribution in [0, 0.1) is 5.92 Å². The summed E-state index contributed by atoms with van der Waals surface area (Å²) in [6.45, 7) is 1.37. The summed E-state index contributed by atoms with van der Waals surface area (Å²) in [7, 11) is 0. The van der Waals surface area contributed by atoms with Gasteiger partial charge in [0.25, 0.3) is 0 Å². The van der Waals surface area contributed by atoms with Gasteiger partial charge in [0.2, 0.25) is 0 Å². The lowest BCUT2D eigenvalue weighted by atomic mass is 10.1. The van der Waals surface area contributed by atoms with E-state index in [0.717, 1.165) is 0 Å². The lowest BCUT2D eigenvalue weighted by Crippen LogP contribution is -2.21. The number of aromatic hydroxyl groups is 2. The Balaban J connectivity index is 2.09. The van der Waals surface area contributed by atoms with E-state index in [-0.39, 0.29) is 29.0 Å². The first-order valence-electron chi connectivity index (χ1n) is 5.73. The van der Waals surface area contributed by atoms with Crippen LogP contribution in [0.15, 0.2) is 12.1 Å². The summed E-state index contributed by atoms with van der Waals surface area (Å²) in [4.78, 5) is 1.92. The average Bonchev–Trinajstić information content (AvgIpc) is 2.66. The lowest BCUT2D eigenvalue weighted by Gasteiger charge is -2.16. The predicted octanol–water partition coefficient (Wildman–Crippen LogP) is 0.536. The van der Waals surface area contributed by atoms with Crippen LogP contribution in [0.25, 0.3) is 0 Å². The van der Waals surface area contributed by atoms with Crippen LogP contribution in [0.3, 0.4) is 0 Å². The van der Waals surface area contributed by atoms with Gasteiger partial charge in [-0.1, -0.05) is 11.6 Å². The molecular weight excluding hydrogens is 258 g/mol. The topological polar surface area (TPSA) is 84.2 Å². The Morgan fingerprint density at radius 3 is 2.56 bits per heavy atom. The Morgan fingerprint density at radius 1 is 1.22 bits per heavy atom. The van der Waals surface area contributed by atoms with Gasteiger partial charge >= 0.3 is 0 Å². The van der Waals surface area contributed by atoms with E-state index in [1.54, 1.807) is 0 Å². The highest BCUT2D eigenvalue weighted by Crippen LogP contribution is 2.32. The summed E-state index contributed by atoms with van der Waals surface area (Å²) in [5.74, 6) is -0.342. The Kier molecular flexibility index (Phi) is 3.97. The molecule has 0 bridgehead atoms. The van der Waals surface area contributed by atoms with Gasteiger partial charge in [-0.15, -0.1) is 0 Å². The minimum atomic E-state index is -0.551. The zero-order valence-electron chi connectivity index (χ0n) is 9.75. The Morgan fingerprint density at radius 2 is 1.94 bits per heavy atom. The first-order chi connectivity index (χ1) is 8.51. The van der Waals surface area contributed by atoms with E-state index >= 15 is 0 Å². The van der Waals surface area contributed by atoms with Crippen molar-refractivity contribution < 1.29 is 20.4 Å². The van der Waals surface area contributed by atoms with Gasteiger partial charge in [0.05, 0.1) is 11.1 Å². The Hall–Kier alpha value is -1.01. The van der Waals surface area contributed by atoms with Crippen LogP contribution in [0.2, 0.25) is 5.02 Å². The van der Waals surface area contributed by atoms with E-state index in [9.17, 15) is 15.3 Å². The number of aliphatic hydroxyl groups excluding tert-OH is 2. The molecule has 1 aromatic carbocycles. The Bertz CT molecular complexity index is 440. The molecule has 0 spiro atoms. The lowest BCUT2D eigenvalue weighted by molar-refractivity contribution is 0.103. The third-order valence-electron chi connectivity index (χ3n) is 3.26. The molecule has 1 saturated heterocycles. The highest BCUT2D eigenvalue weighted by Gasteiger charge is 2.30. The maximum atomic E-state index is 9.71. The van der Waals surface area contributed by atoms with Crippen molar-refractivity contribution in [1.29, 1.82) is 0 Å². The van der Waals surface area contributed by atoms with Gasteiger partial charge in [0.15, 0.2) is 0 Å². The molecule has 1 aliphatic rings. The van der Waals surface area contributed by atoms with Crippen LogP contribution in [0.4, 0.5) is 0 Å². The molecule has 0 aromatic heterocycles. The van der Waals surface area contributed by atoms with Crippen molar-refractivity contribution >= 4 is 11.6 Å². The molecule has 0 radical (unpaired) electrons. The van der Waals surface area contributed by atoms with E-state index in [0.29, 0.717) is 25.2 Å². The molecule has 2 unspecified atom stereocenters. The molecule has 2 atom stereocenters. The van der Waals surface area contributed by atoms with Crippen molar-refractivity contribution in [3.05, 3.63) is 22.7 Å². The van der Waals surface area contributed by atoms with Crippen LogP contribution in [-0.4, -0.2) is 51.1 Å². The molecule has 5 nitrogen and oxygen atoms in total. The minimum Gasteiger partial charge on any atom is -0.507 e. The van der Waals surface area contributed by atoms with Gasteiger partial charge in [-0.25, -0.2) is 0 Å². The van der Waals surface area contributed by atoms with E-state index in [2.05, 4.69) is 0 Å². The Labute approximate surface area is 110 Å². The second-order valence-electron chi connectivity index (χ2n) is 4.64. The first kappa shape index (κ1) is 13.4. The van der Waals surface area contributed by atoms with Crippen molar-refractivity contribution in [2.24, 2.45) is 5.92 Å². The van der Waals surface area contributed by atoms with Gasteiger partial charge in [0, 0.05) is 43.8 Å². The van der Waals surface area contributed by atoms with Gasteiger partial charge < -0.3 is 20.4 Å². The monoisotopic (exact) mass is 273 g/mol. The van der Waals surface area contributed by atoms with Gasteiger partial charge in [-0.05, 0) is 6.07 Å². The molecule has 0 saturated carbocycles. The maximum absolute atomic E-state index is 9.71. The van der Waals surface area contributed by atoms with Crippen molar-refractivity contribution in [3.63, 3.8) is 0 Å². The van der Waals surface area contributed by atoms with E-state index in [1.165, 1.54) is 12.1 Å². The zero-order chi connectivity index (χ0) is 13.3. The van der Waals surface area contributed by atoms with Crippen molar-refractivity contribution in [2.45, 2.75) is 12.6 Å². The largest absolute Gasteiger partial charge is 0.507 e. The molecular formula is C12H16ClNO4. The average molecular weight is 274 g/mol. The highest BCUT2D eigenvalue weighted by atomic mass is 35.5. The summed E-state index contributed by atoms with van der Waals surface area (Å²) >= 11 is 5.79. The minimum absolute atomic E-state index is 0.0289. The number of benzene rings is 1. The summed E-state index contributed by atoms with van der Waals surface area (Å²) < 4.78 is 0. The van der Waals surface area contributed by atoms with Crippen LogP contribution >= 0.6 is 11.6 Å². The van der Waals surface area contributed by atoms with Crippen molar-refractivity contribution in [1.82, 2.24) is 4.90 Å². The molecule has 4 N–H and O–H groups in total. The molecule has 6 heteroatoms. The van der Waals surface area contributed by atoms with Crippen LogP contribution in [0.1, 0.15) is 5.56 Å². The van der Waals surface area contributed by atoms with E-state index < -0.39 is 6.10 Å². The number of β-amino-alcohol motifs (C(OH)–C–C–N with tert-alkyl or cyclic N) is 1. The predicted molar refractivity (Wildman–Crippen MR) is 66.6 cm³/mol. The number of phenolic OH excluding ortho intramolecular Hbond substituents is 2. The fourth-order valence-corrected chi connectivity index (χ4v) is 2.40. The fraction of sp³-hybridized carbons (Fsp3) is 0.500. The number of rotatable bonds is 3. The third kappa shape index (κ3) is 2.70. The SMILES string of the molecule is OCC1CN(Cc2cc(Cl)c(O)cc2O)CC1O. The summed E-state index contributed by atoms with van der Waals surface area (Å²) in [5, 5.41) is 38.0. The third-order valence-corrected chi connectivity index (χ3v) is 3.56. The molecule has 1 aliphatic heterocycles. The number of nitrogens with zero attached hydrogens (tertiary/aromatic N) is 1. The van der Waals surface area contributed by atoms with Crippen LogP contribution in [-0.2, 0) is 6.54 Å². The number of hydrogen-bond acceptors (Lipinski definition) is 5. The quantitative estimate of drug-likeness (QED) is 0.646. The van der Waals surface area contributed by atoms with E-state index in [1.807, 2.05) is 4.90 Å². The van der Waals surface area contributed by atoms with E-state index in [4.69, 9.17) is 16.7 Å². The number of halogens is 1. The number of likely N-dealkylation sites (tertiary alicyclic amines) is 1. The molecule has 18 heavy (non-hydrogen) atoms. The smallest absolute Gasteiger partial charge is 0.137 e. The molecule has 0 aliphatic carbocycles.